The van der Waals surface area contributed by atoms with Crippen LogP contribution in [-0.2, 0) is 0 Å². The van der Waals surface area contributed by atoms with Crippen molar-refractivity contribution in [1.82, 2.24) is 14.2 Å². The van der Waals surface area contributed by atoms with E-state index in [2.05, 4.69) is 5.10 Å². The molecule has 2 aromatic carbocycles. The van der Waals surface area contributed by atoms with Crippen molar-refractivity contribution in [3.63, 3.8) is 0 Å². The first-order chi connectivity index (χ1) is 16.1. The molecule has 166 valence electrons. The Bertz CT molecular complexity index is 1390. The number of fused-ring (bicyclic) bond motifs is 1. The minimum Gasteiger partial charge on any atom is -0.478 e. The summed E-state index contributed by atoms with van der Waals surface area (Å²) in [6.45, 7) is 0. The summed E-state index contributed by atoms with van der Waals surface area (Å²) in [7, 11) is 0. The fourth-order valence-electron chi connectivity index (χ4n) is 4.49. The molecule has 2 heterocycles. The summed E-state index contributed by atoms with van der Waals surface area (Å²) in [5.74, 6) is -0.0311. The maximum Gasteiger partial charge on any atom is 0.335 e. The Kier molecular flexibility index (Phi) is 5.60. The molecule has 1 N–H and O–H groups in total. The molecule has 7 nitrogen and oxygen atoms in total. The van der Waals surface area contributed by atoms with Crippen molar-refractivity contribution in [2.75, 3.05) is 0 Å². The van der Waals surface area contributed by atoms with E-state index in [-0.39, 0.29) is 17.0 Å². The van der Waals surface area contributed by atoms with Crippen LogP contribution in [0.2, 0.25) is 0 Å². The molecular formula is C26H24N4O3. The number of carboxylic acids is 1. The largest absolute Gasteiger partial charge is 0.478 e. The maximum atomic E-state index is 13.4. The second-order valence-electron chi connectivity index (χ2n) is 8.34. The van der Waals surface area contributed by atoms with Crippen molar-refractivity contribution in [1.29, 1.82) is 0 Å². The van der Waals surface area contributed by atoms with Crippen LogP contribution in [0, 0.1) is 0 Å². The standard InChI is InChI=1S/C26H24N4O3/c31-25-22-10-4-5-11-23(22)28-24(18-7-2-1-3-8-18)30(25)27-17-21-9-6-16-29(21)20-14-12-19(13-15-20)26(32)33/h4-6,9-18H,1-3,7-8H2,(H,32,33). The van der Waals surface area contributed by atoms with E-state index in [0.29, 0.717) is 10.9 Å². The average Bonchev–Trinajstić information content (AvgIpc) is 3.32. The van der Waals surface area contributed by atoms with E-state index in [9.17, 15) is 9.59 Å². The van der Waals surface area contributed by atoms with E-state index in [1.807, 2.05) is 41.1 Å². The first kappa shape index (κ1) is 20.9. The van der Waals surface area contributed by atoms with Crippen LogP contribution in [0.5, 0.6) is 0 Å². The normalized spacial score (nSPS) is 14.8. The molecule has 1 aliphatic carbocycles. The van der Waals surface area contributed by atoms with Gasteiger partial charge in [0.15, 0.2) is 0 Å². The molecule has 1 aliphatic rings. The maximum absolute atomic E-state index is 13.4. The highest BCUT2D eigenvalue weighted by Crippen LogP contribution is 2.31. The number of rotatable bonds is 5. The smallest absolute Gasteiger partial charge is 0.335 e. The van der Waals surface area contributed by atoms with Gasteiger partial charge in [-0.1, -0.05) is 31.4 Å². The molecule has 0 atom stereocenters. The van der Waals surface area contributed by atoms with E-state index < -0.39 is 5.97 Å². The number of nitrogens with zero attached hydrogens (tertiary/aromatic N) is 4. The van der Waals surface area contributed by atoms with Crippen molar-refractivity contribution >= 4 is 23.1 Å². The first-order valence-electron chi connectivity index (χ1n) is 11.2. The monoisotopic (exact) mass is 440 g/mol. The quantitative estimate of drug-likeness (QED) is 0.451. The molecule has 0 amide bonds. The molecular weight excluding hydrogens is 416 g/mol. The zero-order valence-corrected chi connectivity index (χ0v) is 18.1. The van der Waals surface area contributed by atoms with Gasteiger partial charge in [-0.2, -0.15) is 9.78 Å². The second-order valence-corrected chi connectivity index (χ2v) is 8.34. The lowest BCUT2D eigenvalue weighted by Gasteiger charge is -2.22. The van der Waals surface area contributed by atoms with Crippen LogP contribution in [0.1, 0.15) is 59.9 Å². The van der Waals surface area contributed by atoms with Gasteiger partial charge in [-0.15, -0.1) is 0 Å². The highest BCUT2D eigenvalue weighted by atomic mass is 16.4. The summed E-state index contributed by atoms with van der Waals surface area (Å²) >= 11 is 0. The number of para-hydroxylation sites is 1. The number of benzene rings is 2. The fourth-order valence-corrected chi connectivity index (χ4v) is 4.49. The number of aromatic nitrogens is 3. The second kappa shape index (κ2) is 8.86. The van der Waals surface area contributed by atoms with Crippen LogP contribution >= 0.6 is 0 Å². The molecule has 0 unspecified atom stereocenters. The Morgan fingerprint density at radius 3 is 2.52 bits per heavy atom. The lowest BCUT2D eigenvalue weighted by molar-refractivity contribution is 0.0697. The number of hydrogen-bond acceptors (Lipinski definition) is 4. The van der Waals surface area contributed by atoms with Gasteiger partial charge in [-0.3, -0.25) is 4.79 Å². The Morgan fingerprint density at radius 1 is 1.00 bits per heavy atom. The first-order valence-corrected chi connectivity index (χ1v) is 11.2. The van der Waals surface area contributed by atoms with Crippen LogP contribution in [0.15, 0.2) is 76.8 Å². The summed E-state index contributed by atoms with van der Waals surface area (Å²) in [4.78, 5) is 29.4. The molecule has 0 bridgehead atoms. The van der Waals surface area contributed by atoms with E-state index in [1.54, 1.807) is 36.5 Å². The highest BCUT2D eigenvalue weighted by molar-refractivity contribution is 5.88. The molecule has 1 saturated carbocycles. The van der Waals surface area contributed by atoms with Crippen molar-refractivity contribution in [2.45, 2.75) is 38.0 Å². The Hall–Kier alpha value is -4.00. The molecule has 2 aromatic heterocycles. The van der Waals surface area contributed by atoms with Gasteiger partial charge >= 0.3 is 5.97 Å². The van der Waals surface area contributed by atoms with Crippen molar-refractivity contribution in [3.8, 4) is 5.69 Å². The third-order valence-corrected chi connectivity index (χ3v) is 6.23. The van der Waals surface area contributed by atoms with Gasteiger partial charge in [0.25, 0.3) is 5.56 Å². The Balaban J connectivity index is 1.56. The van der Waals surface area contributed by atoms with E-state index in [4.69, 9.17) is 10.1 Å². The molecule has 0 radical (unpaired) electrons. The van der Waals surface area contributed by atoms with E-state index in [1.165, 1.54) is 11.1 Å². The lowest BCUT2D eigenvalue weighted by atomic mass is 9.88. The SMILES string of the molecule is O=C(O)c1ccc(-n2cccc2C=Nn2c(C3CCCCC3)nc3ccccc3c2=O)cc1. The van der Waals surface area contributed by atoms with Gasteiger partial charge in [0.2, 0.25) is 0 Å². The number of hydrogen-bond donors (Lipinski definition) is 1. The van der Waals surface area contributed by atoms with Crippen LogP contribution in [-0.4, -0.2) is 31.5 Å². The third kappa shape index (κ3) is 4.09. The topological polar surface area (TPSA) is 89.5 Å². The van der Waals surface area contributed by atoms with Crippen molar-refractivity contribution < 1.29 is 9.90 Å². The lowest BCUT2D eigenvalue weighted by Crippen LogP contribution is -2.25. The van der Waals surface area contributed by atoms with Gasteiger partial charge < -0.3 is 9.67 Å². The zero-order valence-electron chi connectivity index (χ0n) is 18.1. The van der Waals surface area contributed by atoms with Crippen molar-refractivity contribution in [3.05, 3.63) is 94.3 Å². The molecule has 1 fully saturated rings. The predicted octanol–water partition coefficient (Wildman–Crippen LogP) is 4.82. The van der Waals surface area contributed by atoms with Gasteiger partial charge in [-0.25, -0.2) is 9.78 Å². The summed E-state index contributed by atoms with van der Waals surface area (Å²) in [5.41, 5.74) is 2.35. The van der Waals surface area contributed by atoms with Crippen LogP contribution in [0.4, 0.5) is 0 Å². The highest BCUT2D eigenvalue weighted by Gasteiger charge is 2.22. The van der Waals surface area contributed by atoms with Crippen LogP contribution in [0.3, 0.4) is 0 Å². The third-order valence-electron chi connectivity index (χ3n) is 6.23. The summed E-state index contributed by atoms with van der Waals surface area (Å²) in [6, 6.07) is 17.8. The Labute approximate surface area is 190 Å². The molecule has 5 rings (SSSR count). The number of aromatic carboxylic acids is 1. The van der Waals surface area contributed by atoms with Gasteiger partial charge in [0, 0.05) is 17.8 Å². The fraction of sp³-hybridized carbons (Fsp3) is 0.231. The van der Waals surface area contributed by atoms with Crippen LogP contribution in [0.25, 0.3) is 16.6 Å². The summed E-state index contributed by atoms with van der Waals surface area (Å²) in [5, 5.41) is 14.3. The molecule has 0 aliphatic heterocycles. The molecule has 4 aromatic rings. The average molecular weight is 441 g/mol. The summed E-state index contributed by atoms with van der Waals surface area (Å²) in [6.07, 6.45) is 9.03. The summed E-state index contributed by atoms with van der Waals surface area (Å²) < 4.78 is 3.36. The van der Waals surface area contributed by atoms with Crippen LogP contribution < -0.4 is 5.56 Å². The zero-order chi connectivity index (χ0) is 22.8. The van der Waals surface area contributed by atoms with Gasteiger partial charge in [-0.05, 0) is 61.4 Å². The predicted molar refractivity (Wildman–Crippen MR) is 128 cm³/mol. The minimum absolute atomic E-state index is 0.165. The molecule has 0 spiro atoms. The van der Waals surface area contributed by atoms with Gasteiger partial charge in [0.1, 0.15) is 5.82 Å². The molecule has 0 saturated heterocycles. The molecule has 33 heavy (non-hydrogen) atoms. The number of carboxylic acid groups (broad SMARTS) is 1. The number of carbonyl (C=O) groups is 1. The van der Waals surface area contributed by atoms with Gasteiger partial charge in [0.05, 0.1) is 28.4 Å². The molecule has 7 heteroatoms. The van der Waals surface area contributed by atoms with E-state index >= 15 is 0 Å². The van der Waals surface area contributed by atoms with Crippen molar-refractivity contribution in [2.24, 2.45) is 5.10 Å². The Morgan fingerprint density at radius 2 is 1.76 bits per heavy atom. The van der Waals surface area contributed by atoms with E-state index in [0.717, 1.165) is 42.9 Å². The minimum atomic E-state index is -0.964.